The van der Waals surface area contributed by atoms with Gasteiger partial charge in [-0.15, -0.1) is 0 Å². The van der Waals surface area contributed by atoms with Crippen LogP contribution >= 0.6 is 11.6 Å². The number of methoxy groups -OCH3 is 1. The van der Waals surface area contributed by atoms with E-state index >= 15 is 0 Å². The van der Waals surface area contributed by atoms with E-state index < -0.39 is 0 Å². The predicted molar refractivity (Wildman–Crippen MR) is 54.2 cm³/mol. The molecule has 0 aliphatic heterocycles. The Hall–Kier alpha value is -0.800. The molecular formula is C9H13ClN2O. The van der Waals surface area contributed by atoms with Crippen LogP contribution in [-0.2, 0) is 4.74 Å². The summed E-state index contributed by atoms with van der Waals surface area (Å²) in [5.41, 5.74) is 0.953. The molecule has 72 valence electrons. The van der Waals surface area contributed by atoms with Crippen LogP contribution in [0.2, 0.25) is 5.15 Å². The van der Waals surface area contributed by atoms with Crippen LogP contribution in [0.1, 0.15) is 6.92 Å². The molecule has 1 aromatic heterocycles. The third kappa shape index (κ3) is 3.61. The van der Waals surface area contributed by atoms with Gasteiger partial charge in [0.25, 0.3) is 0 Å². The SMILES string of the molecule is COCC(C)Nc1ccc(Cl)nc1. The van der Waals surface area contributed by atoms with E-state index in [0.717, 1.165) is 5.69 Å². The van der Waals surface area contributed by atoms with Crippen molar-refractivity contribution in [1.29, 1.82) is 0 Å². The number of hydrogen-bond donors (Lipinski definition) is 1. The summed E-state index contributed by atoms with van der Waals surface area (Å²) in [4.78, 5) is 3.95. The summed E-state index contributed by atoms with van der Waals surface area (Å²) in [5.74, 6) is 0. The molecule has 1 N–H and O–H groups in total. The van der Waals surface area contributed by atoms with Gasteiger partial charge in [0.05, 0.1) is 18.5 Å². The molecule has 0 fully saturated rings. The molecule has 1 atom stereocenters. The van der Waals surface area contributed by atoms with Crippen molar-refractivity contribution >= 4 is 17.3 Å². The Morgan fingerprint density at radius 2 is 2.38 bits per heavy atom. The summed E-state index contributed by atoms with van der Waals surface area (Å²) in [6.07, 6.45) is 1.70. The summed E-state index contributed by atoms with van der Waals surface area (Å²) >= 11 is 5.65. The molecule has 13 heavy (non-hydrogen) atoms. The van der Waals surface area contributed by atoms with Gasteiger partial charge in [-0.25, -0.2) is 4.98 Å². The van der Waals surface area contributed by atoms with Gasteiger partial charge in [-0.2, -0.15) is 0 Å². The first-order valence-electron chi connectivity index (χ1n) is 4.09. The molecule has 0 saturated heterocycles. The molecule has 0 amide bonds. The van der Waals surface area contributed by atoms with E-state index in [-0.39, 0.29) is 6.04 Å². The van der Waals surface area contributed by atoms with Crippen molar-refractivity contribution in [2.75, 3.05) is 19.0 Å². The second-order valence-electron chi connectivity index (χ2n) is 2.87. The largest absolute Gasteiger partial charge is 0.383 e. The molecule has 0 spiro atoms. The Morgan fingerprint density at radius 3 is 2.92 bits per heavy atom. The van der Waals surface area contributed by atoms with Crippen LogP contribution in [0.3, 0.4) is 0 Å². The lowest BCUT2D eigenvalue weighted by Gasteiger charge is -2.13. The molecule has 0 radical (unpaired) electrons. The fourth-order valence-corrected chi connectivity index (χ4v) is 1.15. The minimum Gasteiger partial charge on any atom is -0.383 e. The van der Waals surface area contributed by atoms with Gasteiger partial charge in [0, 0.05) is 13.2 Å². The Bertz CT molecular complexity index is 250. The third-order valence-corrected chi connectivity index (χ3v) is 1.78. The van der Waals surface area contributed by atoms with E-state index in [2.05, 4.69) is 10.3 Å². The number of hydrogen-bond acceptors (Lipinski definition) is 3. The van der Waals surface area contributed by atoms with Gasteiger partial charge in [0.1, 0.15) is 5.15 Å². The lowest BCUT2D eigenvalue weighted by molar-refractivity contribution is 0.190. The van der Waals surface area contributed by atoms with Crippen LogP contribution in [0.4, 0.5) is 5.69 Å². The maximum atomic E-state index is 5.65. The molecule has 1 rings (SSSR count). The minimum absolute atomic E-state index is 0.271. The lowest BCUT2D eigenvalue weighted by Crippen LogP contribution is -2.20. The average molecular weight is 201 g/mol. The molecule has 0 bridgehead atoms. The molecule has 0 aliphatic carbocycles. The first kappa shape index (κ1) is 10.3. The molecule has 0 aromatic carbocycles. The highest BCUT2D eigenvalue weighted by Crippen LogP contribution is 2.10. The number of ether oxygens (including phenoxy) is 1. The standard InChI is InChI=1S/C9H13ClN2O/c1-7(6-13-2)12-8-3-4-9(10)11-5-8/h3-5,7,12H,6H2,1-2H3. The van der Waals surface area contributed by atoms with Crippen molar-refractivity contribution in [3.05, 3.63) is 23.5 Å². The second-order valence-corrected chi connectivity index (χ2v) is 3.26. The summed E-state index contributed by atoms with van der Waals surface area (Å²) in [5, 5.41) is 3.73. The van der Waals surface area contributed by atoms with Gasteiger partial charge in [-0.05, 0) is 19.1 Å². The normalized spacial score (nSPS) is 12.5. The van der Waals surface area contributed by atoms with E-state index in [4.69, 9.17) is 16.3 Å². The van der Waals surface area contributed by atoms with Gasteiger partial charge in [0.2, 0.25) is 0 Å². The molecule has 1 heterocycles. The summed E-state index contributed by atoms with van der Waals surface area (Å²) in [7, 11) is 1.68. The van der Waals surface area contributed by atoms with E-state index in [1.165, 1.54) is 0 Å². The Morgan fingerprint density at radius 1 is 1.62 bits per heavy atom. The predicted octanol–water partition coefficient (Wildman–Crippen LogP) is 2.18. The van der Waals surface area contributed by atoms with Crippen molar-refractivity contribution in [1.82, 2.24) is 4.98 Å². The van der Waals surface area contributed by atoms with Crippen molar-refractivity contribution in [3.8, 4) is 0 Å². The Kier molecular flexibility index (Phi) is 3.99. The maximum Gasteiger partial charge on any atom is 0.129 e. The van der Waals surface area contributed by atoms with Crippen LogP contribution in [0, 0.1) is 0 Å². The molecule has 3 nitrogen and oxygen atoms in total. The Labute approximate surface area is 83.1 Å². The number of aromatic nitrogens is 1. The van der Waals surface area contributed by atoms with Crippen molar-refractivity contribution in [2.24, 2.45) is 0 Å². The van der Waals surface area contributed by atoms with Crippen molar-refractivity contribution < 1.29 is 4.74 Å². The molecule has 0 saturated carbocycles. The zero-order chi connectivity index (χ0) is 9.68. The quantitative estimate of drug-likeness (QED) is 0.757. The minimum atomic E-state index is 0.271. The van der Waals surface area contributed by atoms with E-state index in [1.54, 1.807) is 19.4 Å². The van der Waals surface area contributed by atoms with Gasteiger partial charge in [-0.1, -0.05) is 11.6 Å². The first-order valence-corrected chi connectivity index (χ1v) is 4.47. The van der Waals surface area contributed by atoms with Crippen LogP contribution in [0.15, 0.2) is 18.3 Å². The fourth-order valence-electron chi connectivity index (χ4n) is 1.04. The van der Waals surface area contributed by atoms with Gasteiger partial charge >= 0.3 is 0 Å². The van der Waals surface area contributed by atoms with E-state index in [1.807, 2.05) is 13.0 Å². The lowest BCUT2D eigenvalue weighted by atomic mass is 10.3. The fraction of sp³-hybridized carbons (Fsp3) is 0.444. The summed E-state index contributed by atoms with van der Waals surface area (Å²) < 4.78 is 4.99. The Balaban J connectivity index is 2.49. The van der Waals surface area contributed by atoms with Crippen LogP contribution in [0.5, 0.6) is 0 Å². The van der Waals surface area contributed by atoms with Crippen molar-refractivity contribution in [2.45, 2.75) is 13.0 Å². The summed E-state index contributed by atoms with van der Waals surface area (Å²) in [6, 6.07) is 3.92. The number of rotatable bonds is 4. The molecule has 1 unspecified atom stereocenters. The highest BCUT2D eigenvalue weighted by Gasteiger charge is 2.00. The number of halogens is 1. The van der Waals surface area contributed by atoms with Crippen LogP contribution < -0.4 is 5.32 Å². The van der Waals surface area contributed by atoms with E-state index in [0.29, 0.717) is 11.8 Å². The molecule has 4 heteroatoms. The highest BCUT2D eigenvalue weighted by molar-refractivity contribution is 6.29. The molecular weight excluding hydrogens is 188 g/mol. The van der Waals surface area contributed by atoms with Gasteiger partial charge in [-0.3, -0.25) is 0 Å². The summed E-state index contributed by atoms with van der Waals surface area (Å²) in [6.45, 7) is 2.71. The number of nitrogens with zero attached hydrogens (tertiary/aromatic N) is 1. The monoisotopic (exact) mass is 200 g/mol. The highest BCUT2D eigenvalue weighted by atomic mass is 35.5. The van der Waals surface area contributed by atoms with Gasteiger partial charge in [0.15, 0.2) is 0 Å². The average Bonchev–Trinajstić information content (AvgIpc) is 2.09. The number of anilines is 1. The molecule has 1 aromatic rings. The van der Waals surface area contributed by atoms with Gasteiger partial charge < -0.3 is 10.1 Å². The zero-order valence-electron chi connectivity index (χ0n) is 7.75. The maximum absolute atomic E-state index is 5.65. The molecule has 0 aliphatic rings. The third-order valence-electron chi connectivity index (χ3n) is 1.56. The topological polar surface area (TPSA) is 34.1 Å². The van der Waals surface area contributed by atoms with Crippen LogP contribution in [0.25, 0.3) is 0 Å². The van der Waals surface area contributed by atoms with Crippen LogP contribution in [-0.4, -0.2) is 24.7 Å². The number of pyridine rings is 1. The van der Waals surface area contributed by atoms with Crippen molar-refractivity contribution in [3.63, 3.8) is 0 Å². The van der Waals surface area contributed by atoms with E-state index in [9.17, 15) is 0 Å². The first-order chi connectivity index (χ1) is 6.22. The second kappa shape index (κ2) is 5.04. The zero-order valence-corrected chi connectivity index (χ0v) is 8.51. The smallest absolute Gasteiger partial charge is 0.129 e. The number of nitrogens with one attached hydrogen (secondary N) is 1.